The standard InChI is InChI=1S/C25H32F2N2O2/c1-4-6-10-16-30-19(3)11-8-7-9-12-20-13-14-22(24(27)23(20)26)21-17-28-25(29-18-21)31-15-5-2/h5,9,12-14,17-19H,2,4,6-8,10-11,15-16H2,1,3H3/b12-9+. The molecule has 0 amide bonds. The van der Waals surface area contributed by atoms with E-state index in [1.807, 2.05) is 6.08 Å². The molecule has 0 saturated heterocycles. The van der Waals surface area contributed by atoms with E-state index in [0.717, 1.165) is 32.3 Å². The molecule has 0 spiro atoms. The third-order valence-electron chi connectivity index (χ3n) is 4.81. The molecule has 168 valence electrons. The normalized spacial score (nSPS) is 12.3. The SMILES string of the molecule is C=CCOc1ncc(-c2ccc(/C=C/CCCC(C)OCCCCC)c(F)c2F)cn1. The highest BCUT2D eigenvalue weighted by atomic mass is 19.2. The fourth-order valence-electron chi connectivity index (χ4n) is 3.03. The highest BCUT2D eigenvalue weighted by Crippen LogP contribution is 2.26. The van der Waals surface area contributed by atoms with E-state index in [0.29, 0.717) is 5.56 Å². The number of allylic oxidation sites excluding steroid dienone is 1. The number of hydrogen-bond donors (Lipinski definition) is 0. The lowest BCUT2D eigenvalue weighted by atomic mass is 10.0. The van der Waals surface area contributed by atoms with Gasteiger partial charge in [-0.05, 0) is 32.6 Å². The first-order valence-electron chi connectivity index (χ1n) is 10.9. The van der Waals surface area contributed by atoms with Crippen molar-refractivity contribution in [3.8, 4) is 17.1 Å². The second kappa shape index (κ2) is 13.7. The van der Waals surface area contributed by atoms with Gasteiger partial charge < -0.3 is 9.47 Å². The molecule has 1 aromatic heterocycles. The number of benzene rings is 1. The Morgan fingerprint density at radius 2 is 1.87 bits per heavy atom. The molecule has 1 aromatic carbocycles. The predicted molar refractivity (Wildman–Crippen MR) is 121 cm³/mol. The van der Waals surface area contributed by atoms with Crippen LogP contribution in [0.5, 0.6) is 6.01 Å². The van der Waals surface area contributed by atoms with Crippen molar-refractivity contribution in [1.29, 1.82) is 0 Å². The van der Waals surface area contributed by atoms with E-state index in [-0.39, 0.29) is 29.8 Å². The van der Waals surface area contributed by atoms with Crippen LogP contribution in [-0.2, 0) is 4.74 Å². The Bertz CT molecular complexity index is 838. The fraction of sp³-hybridized carbons (Fsp3) is 0.440. The number of aromatic nitrogens is 2. The average Bonchev–Trinajstić information content (AvgIpc) is 2.78. The van der Waals surface area contributed by atoms with Gasteiger partial charge in [0.1, 0.15) is 6.61 Å². The molecule has 0 radical (unpaired) electrons. The van der Waals surface area contributed by atoms with Crippen LogP contribution >= 0.6 is 0 Å². The van der Waals surface area contributed by atoms with Crippen molar-refractivity contribution < 1.29 is 18.3 Å². The van der Waals surface area contributed by atoms with E-state index < -0.39 is 11.6 Å². The molecule has 4 nitrogen and oxygen atoms in total. The second-order valence-electron chi connectivity index (χ2n) is 7.41. The largest absolute Gasteiger partial charge is 0.459 e. The molecule has 1 heterocycles. The summed E-state index contributed by atoms with van der Waals surface area (Å²) in [6.45, 7) is 8.86. The number of halogens is 2. The topological polar surface area (TPSA) is 44.2 Å². The van der Waals surface area contributed by atoms with E-state index in [1.165, 1.54) is 31.3 Å². The minimum atomic E-state index is -0.917. The van der Waals surface area contributed by atoms with Gasteiger partial charge in [-0.3, -0.25) is 0 Å². The molecular weight excluding hydrogens is 398 g/mol. The number of rotatable bonds is 14. The molecule has 2 rings (SSSR count). The molecule has 0 aliphatic rings. The van der Waals surface area contributed by atoms with Gasteiger partial charge in [0.05, 0.1) is 6.10 Å². The molecule has 6 heteroatoms. The summed E-state index contributed by atoms with van der Waals surface area (Å²) >= 11 is 0. The van der Waals surface area contributed by atoms with E-state index in [4.69, 9.17) is 9.47 Å². The first-order chi connectivity index (χ1) is 15.1. The number of nitrogens with zero attached hydrogens (tertiary/aromatic N) is 2. The zero-order chi connectivity index (χ0) is 22.5. The maximum atomic E-state index is 14.6. The predicted octanol–water partition coefficient (Wildman–Crippen LogP) is 6.77. The molecule has 0 saturated carbocycles. The molecular formula is C25H32F2N2O2. The van der Waals surface area contributed by atoms with Crippen LogP contribution in [0.2, 0.25) is 0 Å². The Balaban J connectivity index is 1.88. The third-order valence-corrected chi connectivity index (χ3v) is 4.81. The summed E-state index contributed by atoms with van der Waals surface area (Å²) in [6.07, 6.45) is 14.2. The molecule has 31 heavy (non-hydrogen) atoms. The Morgan fingerprint density at radius 1 is 1.10 bits per heavy atom. The monoisotopic (exact) mass is 430 g/mol. The Morgan fingerprint density at radius 3 is 2.58 bits per heavy atom. The summed E-state index contributed by atoms with van der Waals surface area (Å²) in [4.78, 5) is 8.01. The summed E-state index contributed by atoms with van der Waals surface area (Å²) in [7, 11) is 0. The lowest BCUT2D eigenvalue weighted by molar-refractivity contribution is 0.0566. The first-order valence-corrected chi connectivity index (χ1v) is 10.9. The maximum Gasteiger partial charge on any atom is 0.316 e. The van der Waals surface area contributed by atoms with Crippen molar-refractivity contribution >= 4 is 6.08 Å². The van der Waals surface area contributed by atoms with Crippen LogP contribution in [0.25, 0.3) is 17.2 Å². The highest BCUT2D eigenvalue weighted by molar-refractivity contribution is 5.65. The molecule has 0 aliphatic heterocycles. The van der Waals surface area contributed by atoms with Crippen LogP contribution in [0, 0.1) is 11.6 Å². The lowest BCUT2D eigenvalue weighted by Crippen LogP contribution is -2.08. The zero-order valence-corrected chi connectivity index (χ0v) is 18.4. The van der Waals surface area contributed by atoms with Gasteiger partial charge in [0.15, 0.2) is 11.6 Å². The lowest BCUT2D eigenvalue weighted by Gasteiger charge is -2.12. The summed E-state index contributed by atoms with van der Waals surface area (Å²) in [5.41, 5.74) is 0.710. The summed E-state index contributed by atoms with van der Waals surface area (Å²) in [5, 5.41) is 0. The van der Waals surface area contributed by atoms with Gasteiger partial charge in [-0.2, -0.15) is 0 Å². The van der Waals surface area contributed by atoms with Crippen molar-refractivity contribution in [2.24, 2.45) is 0 Å². The molecule has 1 unspecified atom stereocenters. The first kappa shape index (κ1) is 24.7. The minimum absolute atomic E-state index is 0.110. The average molecular weight is 431 g/mol. The van der Waals surface area contributed by atoms with Crippen LogP contribution < -0.4 is 4.74 Å². The van der Waals surface area contributed by atoms with Crippen LogP contribution in [0.4, 0.5) is 8.78 Å². The fourth-order valence-corrected chi connectivity index (χ4v) is 3.03. The van der Waals surface area contributed by atoms with Crippen molar-refractivity contribution in [1.82, 2.24) is 9.97 Å². The number of ether oxygens (including phenoxy) is 2. The molecule has 0 N–H and O–H groups in total. The second-order valence-corrected chi connectivity index (χ2v) is 7.41. The van der Waals surface area contributed by atoms with E-state index in [2.05, 4.69) is 30.4 Å². The summed E-state index contributed by atoms with van der Waals surface area (Å²) in [5.74, 6) is -1.80. The van der Waals surface area contributed by atoms with E-state index in [1.54, 1.807) is 18.2 Å². The quantitative estimate of drug-likeness (QED) is 0.245. The third kappa shape index (κ3) is 8.21. The van der Waals surface area contributed by atoms with Crippen LogP contribution in [0.1, 0.15) is 57.9 Å². The van der Waals surface area contributed by atoms with Gasteiger partial charge in [-0.25, -0.2) is 18.7 Å². The molecule has 0 bridgehead atoms. The van der Waals surface area contributed by atoms with Gasteiger partial charge in [-0.15, -0.1) is 0 Å². The number of unbranched alkanes of at least 4 members (excludes halogenated alkanes) is 3. The van der Waals surface area contributed by atoms with Crippen LogP contribution in [0.15, 0.2) is 43.3 Å². The molecule has 0 aliphatic carbocycles. The highest BCUT2D eigenvalue weighted by Gasteiger charge is 2.14. The zero-order valence-electron chi connectivity index (χ0n) is 18.4. The van der Waals surface area contributed by atoms with Gasteiger partial charge >= 0.3 is 6.01 Å². The van der Waals surface area contributed by atoms with Crippen molar-refractivity contribution in [3.05, 3.63) is 60.5 Å². The minimum Gasteiger partial charge on any atom is -0.459 e. The number of hydrogen-bond acceptors (Lipinski definition) is 4. The van der Waals surface area contributed by atoms with Crippen molar-refractivity contribution in [2.45, 2.75) is 58.5 Å². The van der Waals surface area contributed by atoms with Gasteiger partial charge in [0.25, 0.3) is 0 Å². The van der Waals surface area contributed by atoms with Crippen molar-refractivity contribution in [3.63, 3.8) is 0 Å². The summed E-state index contributed by atoms with van der Waals surface area (Å²) < 4.78 is 40.1. The Labute approximate surface area is 184 Å². The Kier molecular flexibility index (Phi) is 10.9. The van der Waals surface area contributed by atoms with Gasteiger partial charge in [0, 0.05) is 35.7 Å². The van der Waals surface area contributed by atoms with E-state index >= 15 is 0 Å². The Hall–Kier alpha value is -2.60. The van der Waals surface area contributed by atoms with Crippen LogP contribution in [-0.4, -0.2) is 29.3 Å². The summed E-state index contributed by atoms with van der Waals surface area (Å²) in [6, 6.07) is 3.25. The molecule has 2 aromatic rings. The molecule has 0 fully saturated rings. The smallest absolute Gasteiger partial charge is 0.316 e. The van der Waals surface area contributed by atoms with Crippen molar-refractivity contribution in [2.75, 3.05) is 13.2 Å². The maximum absolute atomic E-state index is 14.6. The van der Waals surface area contributed by atoms with Crippen LogP contribution in [0.3, 0.4) is 0 Å². The molecule has 1 atom stereocenters. The van der Waals surface area contributed by atoms with Gasteiger partial charge in [0.2, 0.25) is 0 Å². The van der Waals surface area contributed by atoms with E-state index in [9.17, 15) is 8.78 Å². The van der Waals surface area contributed by atoms with Gasteiger partial charge in [-0.1, -0.05) is 56.7 Å².